The summed E-state index contributed by atoms with van der Waals surface area (Å²) in [6.45, 7) is 32.7. The van der Waals surface area contributed by atoms with Crippen molar-refractivity contribution in [3.63, 3.8) is 0 Å². The molecule has 2 aliphatic heterocycles. The Bertz CT molecular complexity index is 3320. The highest BCUT2D eigenvalue weighted by atomic mass is 16.3. The van der Waals surface area contributed by atoms with E-state index in [1.54, 1.807) is 0 Å². The predicted molar refractivity (Wildman–Crippen MR) is 289 cm³/mol. The minimum atomic E-state index is -0.130. The molecule has 3 heterocycles. The number of rotatable bonds is 3. The fourth-order valence-electron chi connectivity index (χ4n) is 11.6. The molecule has 1 aliphatic carbocycles. The Hall–Kier alpha value is -6.00. The Morgan fingerprint density at radius 3 is 1.76 bits per heavy atom. The van der Waals surface area contributed by atoms with Crippen LogP contribution >= 0.6 is 0 Å². The van der Waals surface area contributed by atoms with E-state index >= 15 is 0 Å². The first kappa shape index (κ1) is 43.6. The third-order valence-corrected chi connectivity index (χ3v) is 15.8. The maximum absolute atomic E-state index is 7.55. The molecule has 8 aromatic rings. The van der Waals surface area contributed by atoms with Gasteiger partial charge in [-0.25, -0.2) is 0 Å². The van der Waals surface area contributed by atoms with Gasteiger partial charge in [0, 0.05) is 33.7 Å². The van der Waals surface area contributed by atoms with Crippen molar-refractivity contribution in [2.45, 2.75) is 137 Å². The average molecular weight is 879 g/mol. The number of benzene rings is 7. The predicted octanol–water partition coefficient (Wildman–Crippen LogP) is 15.9. The van der Waals surface area contributed by atoms with Crippen LogP contribution in [-0.4, -0.2) is 6.71 Å². The zero-order valence-electron chi connectivity index (χ0n) is 42.4. The van der Waals surface area contributed by atoms with Gasteiger partial charge in [0.15, 0.2) is 0 Å². The van der Waals surface area contributed by atoms with Crippen LogP contribution in [0, 0.1) is 6.92 Å². The van der Waals surface area contributed by atoms with E-state index in [1.165, 1.54) is 100 Å². The van der Waals surface area contributed by atoms with Gasteiger partial charge in [-0.1, -0.05) is 157 Å². The molecule has 1 aromatic heterocycles. The van der Waals surface area contributed by atoms with E-state index in [0.717, 1.165) is 29.8 Å². The standard InChI is InChI=1S/C63H67BN2O/c1-38-31-53-56-54(32-38)66(51-28-24-43(60(5,6)7)34-46(51)41-20-19-39-17-15-16-18-40(39)33-41)52-35-44(61(8,9)10)23-27-50(52)64(56)58-57(65(53)45-25-21-42(22-26-45)59(2,3)4)47-36-48-49(37-55(47)67-58)63(13,14)30-29-62(48,11)12/h15-28,31-37H,29-30H2,1-14H3. The van der Waals surface area contributed by atoms with E-state index in [4.69, 9.17) is 4.42 Å². The maximum atomic E-state index is 7.55. The molecule has 0 fully saturated rings. The quantitative estimate of drug-likeness (QED) is 0.165. The second-order valence-corrected chi connectivity index (χ2v) is 24.7. The van der Waals surface area contributed by atoms with Crippen molar-refractivity contribution in [2.24, 2.45) is 0 Å². The van der Waals surface area contributed by atoms with Crippen LogP contribution in [0.4, 0.5) is 34.1 Å². The van der Waals surface area contributed by atoms with Crippen LogP contribution in [0.3, 0.4) is 0 Å². The molecule has 0 amide bonds. The normalized spacial score (nSPS) is 16.2. The fourth-order valence-corrected chi connectivity index (χ4v) is 11.6. The summed E-state index contributed by atoms with van der Waals surface area (Å²) < 4.78 is 7.55. The number of hydrogen-bond acceptors (Lipinski definition) is 3. The van der Waals surface area contributed by atoms with E-state index < -0.39 is 0 Å². The first-order valence-corrected chi connectivity index (χ1v) is 24.7. The lowest BCUT2D eigenvalue weighted by atomic mass is 9.35. The third kappa shape index (κ3) is 6.90. The van der Waals surface area contributed by atoms with Crippen LogP contribution in [0.1, 0.15) is 136 Å². The van der Waals surface area contributed by atoms with Gasteiger partial charge in [-0.05, 0) is 168 Å². The van der Waals surface area contributed by atoms with Gasteiger partial charge in [-0.2, -0.15) is 0 Å². The minimum Gasteiger partial charge on any atom is -0.468 e. The summed E-state index contributed by atoms with van der Waals surface area (Å²) in [4.78, 5) is 5.17. The molecule has 3 aliphatic rings. The molecular formula is C63H67BN2O. The molecule has 0 N–H and O–H groups in total. The number of fused-ring (bicyclic) bond motifs is 8. The molecule has 7 aromatic carbocycles. The molecule has 11 rings (SSSR count). The van der Waals surface area contributed by atoms with E-state index in [1.807, 2.05) is 0 Å². The van der Waals surface area contributed by atoms with Crippen LogP contribution in [0.15, 0.2) is 132 Å². The SMILES string of the molecule is Cc1cc2c3c(c1)N(c1ccc(C(C)(C)C)cc1)c1c(oc4cc5c(cc14)C(C)(C)CCC5(C)C)B3c1ccc(C(C)(C)C)cc1N2c1ccc(C(C)(C)C)cc1-c1ccc2ccccc2c1. The monoisotopic (exact) mass is 879 g/mol. The lowest BCUT2D eigenvalue weighted by Gasteiger charge is -2.44. The second kappa shape index (κ2) is 14.5. The van der Waals surface area contributed by atoms with Gasteiger partial charge in [-0.3, -0.25) is 0 Å². The summed E-state index contributed by atoms with van der Waals surface area (Å²) in [5.74, 6) is 0. The topological polar surface area (TPSA) is 19.6 Å². The first-order chi connectivity index (χ1) is 31.5. The molecule has 0 spiro atoms. The summed E-state index contributed by atoms with van der Waals surface area (Å²) in [5, 5.41) is 3.69. The third-order valence-electron chi connectivity index (χ3n) is 15.8. The lowest BCUT2D eigenvalue weighted by Crippen LogP contribution is -2.61. The molecular weight excluding hydrogens is 812 g/mol. The molecule has 0 unspecified atom stereocenters. The molecule has 0 bridgehead atoms. The molecule has 0 saturated heterocycles. The number of nitrogens with zero attached hydrogens (tertiary/aromatic N) is 2. The summed E-state index contributed by atoms with van der Waals surface area (Å²) in [5.41, 5.74) is 22.2. The molecule has 0 atom stereocenters. The van der Waals surface area contributed by atoms with Crippen molar-refractivity contribution >= 4 is 79.2 Å². The molecule has 0 saturated carbocycles. The number of furan rings is 1. The molecule has 4 heteroatoms. The number of anilines is 6. The highest BCUT2D eigenvalue weighted by molar-refractivity contribution is 7.00. The Kier molecular flexibility index (Phi) is 9.43. The lowest BCUT2D eigenvalue weighted by molar-refractivity contribution is 0.332. The van der Waals surface area contributed by atoms with Crippen molar-refractivity contribution in [1.82, 2.24) is 0 Å². The molecule has 3 nitrogen and oxygen atoms in total. The van der Waals surface area contributed by atoms with Crippen LogP contribution in [0.5, 0.6) is 0 Å². The van der Waals surface area contributed by atoms with E-state index in [0.29, 0.717) is 0 Å². The van der Waals surface area contributed by atoms with Gasteiger partial charge in [-0.15, -0.1) is 0 Å². The smallest absolute Gasteiger partial charge is 0.297 e. The average Bonchev–Trinajstić information content (AvgIpc) is 3.64. The molecule has 338 valence electrons. The van der Waals surface area contributed by atoms with Crippen molar-refractivity contribution in [1.29, 1.82) is 0 Å². The molecule has 67 heavy (non-hydrogen) atoms. The number of hydrogen-bond donors (Lipinski definition) is 0. The van der Waals surface area contributed by atoms with Crippen molar-refractivity contribution in [2.75, 3.05) is 9.80 Å². The Morgan fingerprint density at radius 1 is 0.522 bits per heavy atom. The van der Waals surface area contributed by atoms with Gasteiger partial charge in [0.2, 0.25) is 0 Å². The Balaban J connectivity index is 1.25. The van der Waals surface area contributed by atoms with Gasteiger partial charge >= 0.3 is 0 Å². The van der Waals surface area contributed by atoms with Crippen molar-refractivity contribution in [3.05, 3.63) is 161 Å². The fraction of sp³-hybridized carbons (Fsp3) is 0.333. The zero-order valence-corrected chi connectivity index (χ0v) is 42.4. The van der Waals surface area contributed by atoms with Gasteiger partial charge in [0.05, 0.1) is 17.0 Å². The zero-order chi connectivity index (χ0) is 47.3. The van der Waals surface area contributed by atoms with Gasteiger partial charge < -0.3 is 14.2 Å². The largest absolute Gasteiger partial charge is 0.468 e. The summed E-state index contributed by atoms with van der Waals surface area (Å²) in [6, 6.07) is 49.5. The van der Waals surface area contributed by atoms with Crippen LogP contribution in [-0.2, 0) is 27.1 Å². The van der Waals surface area contributed by atoms with E-state index in [-0.39, 0.29) is 33.8 Å². The van der Waals surface area contributed by atoms with Gasteiger partial charge in [0.25, 0.3) is 6.71 Å². The van der Waals surface area contributed by atoms with Gasteiger partial charge in [0.1, 0.15) is 5.58 Å². The van der Waals surface area contributed by atoms with Crippen molar-refractivity contribution in [3.8, 4) is 11.1 Å². The van der Waals surface area contributed by atoms with Crippen LogP contribution < -0.4 is 26.4 Å². The second-order valence-electron chi connectivity index (χ2n) is 24.7. The highest BCUT2D eigenvalue weighted by Gasteiger charge is 2.48. The Morgan fingerprint density at radius 2 is 1.10 bits per heavy atom. The Labute approximate surface area is 400 Å². The minimum absolute atomic E-state index is 0.0282. The van der Waals surface area contributed by atoms with Crippen molar-refractivity contribution < 1.29 is 4.42 Å². The van der Waals surface area contributed by atoms with E-state index in [9.17, 15) is 0 Å². The number of aryl methyl sites for hydroxylation is 1. The molecule has 0 radical (unpaired) electrons. The van der Waals surface area contributed by atoms with Crippen LogP contribution in [0.25, 0.3) is 32.9 Å². The highest BCUT2D eigenvalue weighted by Crippen LogP contribution is 2.53. The first-order valence-electron chi connectivity index (χ1n) is 24.7. The summed E-state index contributed by atoms with van der Waals surface area (Å²) in [6.07, 6.45) is 2.31. The maximum Gasteiger partial charge on any atom is 0.297 e. The summed E-state index contributed by atoms with van der Waals surface area (Å²) in [7, 11) is 0. The van der Waals surface area contributed by atoms with Crippen LogP contribution in [0.2, 0.25) is 0 Å². The van der Waals surface area contributed by atoms with E-state index in [2.05, 4.69) is 234 Å². The summed E-state index contributed by atoms with van der Waals surface area (Å²) >= 11 is 0.